The van der Waals surface area contributed by atoms with Crippen molar-refractivity contribution in [1.29, 1.82) is 5.26 Å². The fourth-order valence-corrected chi connectivity index (χ4v) is 4.58. The van der Waals surface area contributed by atoms with Crippen LogP contribution in [0.3, 0.4) is 0 Å². The topological polar surface area (TPSA) is 96.7 Å². The van der Waals surface area contributed by atoms with Crippen LogP contribution in [0.1, 0.15) is 38.2 Å². The van der Waals surface area contributed by atoms with Crippen LogP contribution in [0.4, 0.5) is 0 Å². The van der Waals surface area contributed by atoms with Crippen LogP contribution in [0, 0.1) is 11.3 Å². The zero-order valence-electron chi connectivity index (χ0n) is 14.4. The first-order chi connectivity index (χ1) is 11.9. The quantitative estimate of drug-likeness (QED) is 0.565. The Morgan fingerprint density at radius 3 is 2.76 bits per heavy atom. The van der Waals surface area contributed by atoms with E-state index in [4.69, 9.17) is 14.7 Å². The number of carbonyl (C=O) groups is 1. The summed E-state index contributed by atoms with van der Waals surface area (Å²) in [6.07, 6.45) is 2.42. The number of hydrogen-bond donors (Lipinski definition) is 0. The monoisotopic (exact) mass is 366 g/mol. The Morgan fingerprint density at radius 1 is 1.36 bits per heavy atom. The summed E-state index contributed by atoms with van der Waals surface area (Å²) >= 11 is 0. The molecule has 0 saturated carbocycles. The Balaban J connectivity index is 2.22. The van der Waals surface area contributed by atoms with Gasteiger partial charge in [-0.25, -0.2) is 13.2 Å². The minimum Gasteiger partial charge on any atom is -0.493 e. The number of hydrogen-bond acceptors (Lipinski definition) is 6. The number of nitrogens with zero attached hydrogens (tertiary/aromatic N) is 2. The molecule has 1 atom stereocenters. The normalized spacial score (nSPS) is 18.4. The van der Waals surface area contributed by atoms with Gasteiger partial charge in [0.2, 0.25) is 10.0 Å². The third-order valence-corrected chi connectivity index (χ3v) is 6.12. The number of esters is 1. The Morgan fingerprint density at radius 2 is 2.12 bits per heavy atom. The van der Waals surface area contributed by atoms with Gasteiger partial charge in [-0.05, 0) is 37.8 Å². The van der Waals surface area contributed by atoms with Crippen molar-refractivity contribution in [1.82, 2.24) is 4.31 Å². The molecular formula is C17H22N2O5S. The predicted molar refractivity (Wildman–Crippen MR) is 91.8 cm³/mol. The molecule has 0 N–H and O–H groups in total. The van der Waals surface area contributed by atoms with E-state index in [0.717, 1.165) is 12.8 Å². The van der Waals surface area contributed by atoms with Gasteiger partial charge in [0, 0.05) is 12.6 Å². The number of rotatable bonds is 6. The van der Waals surface area contributed by atoms with Gasteiger partial charge in [-0.2, -0.15) is 9.57 Å². The Hall–Kier alpha value is -2.11. The zero-order chi connectivity index (χ0) is 18.4. The second-order valence-corrected chi connectivity index (χ2v) is 7.88. The molecule has 0 radical (unpaired) electrons. The third kappa shape index (κ3) is 4.50. The summed E-state index contributed by atoms with van der Waals surface area (Å²) in [5, 5.41) is 8.92. The molecule has 0 amide bonds. The van der Waals surface area contributed by atoms with E-state index >= 15 is 0 Å². The van der Waals surface area contributed by atoms with E-state index in [-0.39, 0.29) is 17.3 Å². The molecule has 0 spiro atoms. The van der Waals surface area contributed by atoms with Crippen molar-refractivity contribution in [3.63, 3.8) is 0 Å². The molecule has 7 nitrogen and oxygen atoms in total. The highest BCUT2D eigenvalue weighted by Gasteiger charge is 2.37. The lowest BCUT2D eigenvalue weighted by molar-refractivity contribution is -0.139. The molecule has 1 aromatic rings. The van der Waals surface area contributed by atoms with Gasteiger partial charge < -0.3 is 9.47 Å². The third-order valence-electron chi connectivity index (χ3n) is 4.05. The summed E-state index contributed by atoms with van der Waals surface area (Å²) in [6, 6.07) is 5.60. The van der Waals surface area contributed by atoms with Crippen LogP contribution in [-0.2, 0) is 14.8 Å². The van der Waals surface area contributed by atoms with E-state index in [1.54, 1.807) is 6.92 Å². The van der Waals surface area contributed by atoms with Gasteiger partial charge in [-0.15, -0.1) is 0 Å². The minimum absolute atomic E-state index is 0.0109. The fourth-order valence-electron chi connectivity index (χ4n) is 2.85. The number of methoxy groups -OCH3 is 1. The lowest BCUT2D eigenvalue weighted by Crippen LogP contribution is -2.50. The molecule has 0 aliphatic carbocycles. The zero-order valence-corrected chi connectivity index (χ0v) is 15.2. The lowest BCUT2D eigenvalue weighted by Gasteiger charge is -2.32. The first kappa shape index (κ1) is 19.2. The molecule has 1 aliphatic heterocycles. The molecule has 0 bridgehead atoms. The SMILES string of the molecule is CCCS(=O)(=O)N1CCCCC1C(=O)Oc1ccc(C#N)cc1OC. The van der Waals surface area contributed by atoms with E-state index in [1.165, 1.54) is 29.6 Å². The Bertz CT molecular complexity index is 770. The van der Waals surface area contributed by atoms with Crippen LogP contribution in [0.25, 0.3) is 0 Å². The fraction of sp³-hybridized carbons (Fsp3) is 0.529. The summed E-state index contributed by atoms with van der Waals surface area (Å²) in [4.78, 5) is 12.6. The van der Waals surface area contributed by atoms with Gasteiger partial charge in [0.25, 0.3) is 0 Å². The van der Waals surface area contributed by atoms with Crippen molar-refractivity contribution in [3.8, 4) is 17.6 Å². The average Bonchev–Trinajstić information content (AvgIpc) is 2.62. The van der Waals surface area contributed by atoms with Crippen molar-refractivity contribution in [2.24, 2.45) is 0 Å². The summed E-state index contributed by atoms with van der Waals surface area (Å²) in [7, 11) is -2.08. The number of ether oxygens (including phenoxy) is 2. The molecule has 0 aromatic heterocycles. The first-order valence-electron chi connectivity index (χ1n) is 8.22. The Kier molecular flexibility index (Phi) is 6.39. The molecule has 1 aromatic carbocycles. The maximum Gasteiger partial charge on any atom is 0.329 e. The van der Waals surface area contributed by atoms with Crippen molar-refractivity contribution in [3.05, 3.63) is 23.8 Å². The van der Waals surface area contributed by atoms with Gasteiger partial charge in [0.05, 0.1) is 24.5 Å². The van der Waals surface area contributed by atoms with Gasteiger partial charge in [0.1, 0.15) is 6.04 Å². The molecule has 1 saturated heterocycles. The summed E-state index contributed by atoms with van der Waals surface area (Å²) in [5.41, 5.74) is 0.376. The number of carbonyl (C=O) groups excluding carboxylic acids is 1. The predicted octanol–water partition coefficient (Wildman–Crippen LogP) is 2.07. The van der Waals surface area contributed by atoms with Crippen LogP contribution >= 0.6 is 0 Å². The first-order valence-corrected chi connectivity index (χ1v) is 9.83. The molecule has 1 fully saturated rings. The van der Waals surface area contributed by atoms with E-state index < -0.39 is 22.0 Å². The van der Waals surface area contributed by atoms with Crippen LogP contribution in [0.2, 0.25) is 0 Å². The molecule has 2 rings (SSSR count). The van der Waals surface area contributed by atoms with Gasteiger partial charge in [-0.3, -0.25) is 0 Å². The maximum absolute atomic E-state index is 12.6. The van der Waals surface area contributed by atoms with E-state index in [0.29, 0.717) is 24.9 Å². The number of sulfonamides is 1. The average molecular weight is 366 g/mol. The largest absolute Gasteiger partial charge is 0.493 e. The van der Waals surface area contributed by atoms with Crippen LogP contribution in [0.5, 0.6) is 11.5 Å². The van der Waals surface area contributed by atoms with E-state index in [1.807, 2.05) is 6.07 Å². The highest BCUT2D eigenvalue weighted by molar-refractivity contribution is 7.89. The number of benzene rings is 1. The van der Waals surface area contributed by atoms with E-state index in [2.05, 4.69) is 0 Å². The second kappa shape index (κ2) is 8.32. The van der Waals surface area contributed by atoms with Crippen LogP contribution in [-0.4, -0.2) is 44.1 Å². The molecule has 136 valence electrons. The lowest BCUT2D eigenvalue weighted by atomic mass is 10.1. The van der Waals surface area contributed by atoms with Gasteiger partial charge in [-0.1, -0.05) is 6.92 Å². The highest BCUT2D eigenvalue weighted by atomic mass is 32.2. The Labute approximate surface area is 148 Å². The van der Waals surface area contributed by atoms with Crippen LogP contribution < -0.4 is 9.47 Å². The smallest absolute Gasteiger partial charge is 0.329 e. The number of nitriles is 1. The van der Waals surface area contributed by atoms with Crippen molar-refractivity contribution >= 4 is 16.0 Å². The van der Waals surface area contributed by atoms with Crippen molar-refractivity contribution in [2.45, 2.75) is 38.6 Å². The molecule has 1 aliphatic rings. The second-order valence-electron chi connectivity index (χ2n) is 5.84. The van der Waals surface area contributed by atoms with Crippen molar-refractivity contribution in [2.75, 3.05) is 19.4 Å². The molecule has 1 unspecified atom stereocenters. The molecule has 1 heterocycles. The summed E-state index contributed by atoms with van der Waals surface area (Å²) < 4.78 is 36.6. The van der Waals surface area contributed by atoms with Gasteiger partial charge >= 0.3 is 5.97 Å². The van der Waals surface area contributed by atoms with Crippen molar-refractivity contribution < 1.29 is 22.7 Å². The standard InChI is InChI=1S/C17H22N2O5S/c1-3-10-25(21,22)19-9-5-4-6-14(19)17(20)24-15-8-7-13(12-18)11-16(15)23-2/h7-8,11,14H,3-6,9-10H2,1-2H3. The van der Waals surface area contributed by atoms with Gasteiger partial charge in [0.15, 0.2) is 11.5 Å². The maximum atomic E-state index is 12.6. The summed E-state index contributed by atoms with van der Waals surface area (Å²) in [6.45, 7) is 2.11. The highest BCUT2D eigenvalue weighted by Crippen LogP contribution is 2.30. The molecule has 8 heteroatoms. The summed E-state index contributed by atoms with van der Waals surface area (Å²) in [5.74, 6) is -0.185. The minimum atomic E-state index is -3.49. The van der Waals surface area contributed by atoms with E-state index in [9.17, 15) is 13.2 Å². The molecular weight excluding hydrogens is 344 g/mol. The number of piperidine rings is 1. The van der Waals surface area contributed by atoms with Crippen LogP contribution in [0.15, 0.2) is 18.2 Å². The molecule has 25 heavy (non-hydrogen) atoms.